The lowest BCUT2D eigenvalue weighted by Crippen LogP contribution is -2.37. The van der Waals surface area contributed by atoms with Crippen molar-refractivity contribution < 1.29 is 4.74 Å². The van der Waals surface area contributed by atoms with Crippen molar-refractivity contribution in [2.45, 2.75) is 32.6 Å². The van der Waals surface area contributed by atoms with Gasteiger partial charge in [-0.15, -0.1) is 5.10 Å². The Morgan fingerprint density at radius 1 is 1.24 bits per heavy atom. The van der Waals surface area contributed by atoms with Gasteiger partial charge in [0.15, 0.2) is 5.65 Å². The number of anilines is 1. The first kappa shape index (κ1) is 17.9. The van der Waals surface area contributed by atoms with Crippen LogP contribution < -0.4 is 5.32 Å². The highest BCUT2D eigenvalue weighted by Crippen LogP contribution is 2.11. The summed E-state index contributed by atoms with van der Waals surface area (Å²) in [6, 6.07) is 4.02. The molecule has 0 atom stereocenters. The van der Waals surface area contributed by atoms with Crippen LogP contribution in [0.25, 0.3) is 11.7 Å². The van der Waals surface area contributed by atoms with Gasteiger partial charge in [-0.1, -0.05) is 25.8 Å². The summed E-state index contributed by atoms with van der Waals surface area (Å²) in [6.45, 7) is 8.06. The molecule has 0 amide bonds. The first-order valence-electron chi connectivity index (χ1n) is 9.42. The largest absolute Gasteiger partial charge is 0.379 e. The zero-order valence-corrected chi connectivity index (χ0v) is 15.2. The lowest BCUT2D eigenvalue weighted by Gasteiger charge is -2.26. The van der Waals surface area contributed by atoms with E-state index in [1.807, 2.05) is 22.8 Å². The normalized spacial score (nSPS) is 16.0. The summed E-state index contributed by atoms with van der Waals surface area (Å²) in [6.07, 6.45) is 10.8. The van der Waals surface area contributed by atoms with Crippen LogP contribution in [0.2, 0.25) is 0 Å². The van der Waals surface area contributed by atoms with Crippen molar-refractivity contribution in [3.8, 4) is 0 Å². The summed E-state index contributed by atoms with van der Waals surface area (Å²) < 4.78 is 7.29. The number of hydrogen-bond acceptors (Lipinski definition) is 5. The van der Waals surface area contributed by atoms with Gasteiger partial charge in [-0.2, -0.15) is 0 Å². The lowest BCUT2D eigenvalue weighted by atomic mass is 10.2. The van der Waals surface area contributed by atoms with E-state index in [1.54, 1.807) is 0 Å². The molecule has 0 aliphatic carbocycles. The van der Waals surface area contributed by atoms with E-state index in [1.165, 1.54) is 12.8 Å². The minimum Gasteiger partial charge on any atom is -0.379 e. The van der Waals surface area contributed by atoms with Gasteiger partial charge in [-0.3, -0.25) is 4.90 Å². The van der Waals surface area contributed by atoms with Crippen molar-refractivity contribution in [3.05, 3.63) is 30.1 Å². The second kappa shape index (κ2) is 9.53. The van der Waals surface area contributed by atoms with Crippen molar-refractivity contribution in [3.63, 3.8) is 0 Å². The predicted octanol–water partition coefficient (Wildman–Crippen LogP) is 3.07. The molecule has 3 heterocycles. The van der Waals surface area contributed by atoms with Crippen LogP contribution in [-0.2, 0) is 4.74 Å². The minimum absolute atomic E-state index is 0.862. The Morgan fingerprint density at radius 2 is 2.12 bits per heavy atom. The Kier molecular flexibility index (Phi) is 6.82. The quantitative estimate of drug-likeness (QED) is 0.709. The maximum atomic E-state index is 5.38. The molecular formula is C19H29N5O. The number of hydrogen-bond donors (Lipinski definition) is 1. The molecule has 1 fully saturated rings. The number of aromatic nitrogens is 3. The molecule has 0 aromatic carbocycles. The number of allylic oxidation sites excluding steroid dienone is 1. The van der Waals surface area contributed by atoms with Crippen LogP contribution in [0.15, 0.2) is 24.4 Å². The average molecular weight is 343 g/mol. The topological polar surface area (TPSA) is 54.7 Å². The number of ether oxygens (including phenoxy) is 1. The van der Waals surface area contributed by atoms with Gasteiger partial charge in [-0.05, 0) is 37.6 Å². The van der Waals surface area contributed by atoms with Gasteiger partial charge in [0.05, 0.1) is 25.1 Å². The molecule has 2 aromatic rings. The van der Waals surface area contributed by atoms with Crippen molar-refractivity contribution in [1.82, 2.24) is 19.5 Å². The maximum Gasteiger partial charge on any atom is 0.154 e. The van der Waals surface area contributed by atoms with Gasteiger partial charge in [0, 0.05) is 19.6 Å². The number of imidazole rings is 1. The summed E-state index contributed by atoms with van der Waals surface area (Å²) in [5.41, 5.74) is 1.91. The van der Waals surface area contributed by atoms with Gasteiger partial charge in [0.2, 0.25) is 0 Å². The van der Waals surface area contributed by atoms with E-state index in [4.69, 9.17) is 4.74 Å². The highest BCUT2D eigenvalue weighted by molar-refractivity contribution is 5.53. The smallest absolute Gasteiger partial charge is 0.154 e. The van der Waals surface area contributed by atoms with Crippen LogP contribution in [0.3, 0.4) is 0 Å². The molecule has 0 saturated carbocycles. The molecule has 0 unspecified atom stereocenters. The molecule has 1 aliphatic heterocycles. The number of nitrogens with zero attached hydrogens (tertiary/aromatic N) is 4. The van der Waals surface area contributed by atoms with Crippen molar-refractivity contribution in [2.75, 3.05) is 44.7 Å². The fourth-order valence-electron chi connectivity index (χ4n) is 2.97. The molecule has 1 aliphatic rings. The molecule has 0 radical (unpaired) electrons. The number of morpholine rings is 1. The third kappa shape index (κ3) is 5.28. The van der Waals surface area contributed by atoms with Crippen LogP contribution in [0.5, 0.6) is 0 Å². The van der Waals surface area contributed by atoms with Crippen molar-refractivity contribution in [1.29, 1.82) is 0 Å². The van der Waals surface area contributed by atoms with Crippen LogP contribution in [-0.4, -0.2) is 58.9 Å². The lowest BCUT2D eigenvalue weighted by molar-refractivity contribution is 0.0378. The third-order valence-corrected chi connectivity index (χ3v) is 4.46. The van der Waals surface area contributed by atoms with Gasteiger partial charge in [-0.25, -0.2) is 9.50 Å². The standard InChI is InChI=1S/C19H29N5O/c1-2-3-4-5-7-17-16-21-19-9-8-18(22-24(17)19)20-10-6-11-23-12-14-25-15-13-23/h5,7-9,16H,2-4,6,10-15H2,1H3,(H,20,22)/b7-5+. The molecule has 3 rings (SSSR count). The zero-order valence-electron chi connectivity index (χ0n) is 15.2. The monoisotopic (exact) mass is 343 g/mol. The first-order chi connectivity index (χ1) is 12.4. The van der Waals surface area contributed by atoms with E-state index in [9.17, 15) is 0 Å². The summed E-state index contributed by atoms with van der Waals surface area (Å²) in [4.78, 5) is 6.87. The fourth-order valence-corrected chi connectivity index (χ4v) is 2.97. The van der Waals surface area contributed by atoms with Crippen molar-refractivity contribution in [2.24, 2.45) is 0 Å². The summed E-state index contributed by atoms with van der Waals surface area (Å²) in [5, 5.41) is 8.10. The van der Waals surface area contributed by atoms with Crippen molar-refractivity contribution >= 4 is 17.5 Å². The third-order valence-electron chi connectivity index (χ3n) is 4.46. The summed E-state index contributed by atoms with van der Waals surface area (Å²) in [7, 11) is 0. The van der Waals surface area contributed by atoms with Gasteiger partial charge < -0.3 is 10.1 Å². The van der Waals surface area contributed by atoms with E-state index in [-0.39, 0.29) is 0 Å². The zero-order chi connectivity index (χ0) is 17.3. The number of rotatable bonds is 9. The van der Waals surface area contributed by atoms with Gasteiger partial charge in [0.1, 0.15) is 5.82 Å². The van der Waals surface area contributed by atoms with E-state index < -0.39 is 0 Å². The van der Waals surface area contributed by atoms with E-state index in [2.05, 4.69) is 39.4 Å². The van der Waals surface area contributed by atoms with Gasteiger partial charge >= 0.3 is 0 Å². The first-order valence-corrected chi connectivity index (χ1v) is 9.42. The average Bonchev–Trinajstić information content (AvgIpc) is 3.06. The number of nitrogens with one attached hydrogen (secondary N) is 1. The van der Waals surface area contributed by atoms with Crippen LogP contribution >= 0.6 is 0 Å². The summed E-state index contributed by atoms with van der Waals surface area (Å²) >= 11 is 0. The number of fused-ring (bicyclic) bond motifs is 1. The molecule has 0 spiro atoms. The second-order valence-corrected chi connectivity index (χ2v) is 6.45. The van der Waals surface area contributed by atoms with Crippen LogP contribution in [0.4, 0.5) is 5.82 Å². The summed E-state index contributed by atoms with van der Waals surface area (Å²) in [5.74, 6) is 0.899. The molecule has 25 heavy (non-hydrogen) atoms. The predicted molar refractivity (Wildman–Crippen MR) is 102 cm³/mol. The maximum absolute atomic E-state index is 5.38. The highest BCUT2D eigenvalue weighted by Gasteiger charge is 2.09. The Hall–Kier alpha value is -1.92. The molecule has 136 valence electrons. The van der Waals surface area contributed by atoms with E-state index in [0.29, 0.717) is 0 Å². The Morgan fingerprint density at radius 3 is 2.96 bits per heavy atom. The minimum atomic E-state index is 0.862. The second-order valence-electron chi connectivity index (χ2n) is 6.45. The molecule has 1 saturated heterocycles. The van der Waals surface area contributed by atoms with Crippen LogP contribution in [0, 0.1) is 0 Å². The van der Waals surface area contributed by atoms with E-state index >= 15 is 0 Å². The van der Waals surface area contributed by atoms with Crippen LogP contribution in [0.1, 0.15) is 38.3 Å². The molecule has 0 bridgehead atoms. The molecule has 1 N–H and O–H groups in total. The molecule has 2 aromatic heterocycles. The Balaban J connectivity index is 1.52. The van der Waals surface area contributed by atoms with Gasteiger partial charge in [0.25, 0.3) is 0 Å². The molecule has 6 nitrogen and oxygen atoms in total. The fraction of sp³-hybridized carbons (Fsp3) is 0.579. The Bertz CT molecular complexity index is 676. The molecular weight excluding hydrogens is 314 g/mol. The molecule has 6 heteroatoms. The number of unbranched alkanes of at least 4 members (excludes halogenated alkanes) is 2. The highest BCUT2D eigenvalue weighted by atomic mass is 16.5. The van der Waals surface area contributed by atoms with E-state index in [0.717, 1.165) is 69.4 Å². The Labute approximate surface area is 149 Å². The SMILES string of the molecule is CCCC/C=C/c1cnc2ccc(NCCCN3CCOCC3)nn12.